The molecule has 2 fully saturated rings. The summed E-state index contributed by atoms with van der Waals surface area (Å²) in [6.07, 6.45) is 1.75. The first-order chi connectivity index (χ1) is 12.7. The molecule has 0 aromatic heterocycles. The van der Waals surface area contributed by atoms with Gasteiger partial charge in [-0.2, -0.15) is 0 Å². The third-order valence-corrected chi connectivity index (χ3v) is 5.65. The number of para-hydroxylation sites is 1. The minimum Gasteiger partial charge on any atom is -0.380 e. The van der Waals surface area contributed by atoms with Gasteiger partial charge in [-0.15, -0.1) is 0 Å². The molecular weight excluding hydrogens is 392 g/mol. The molecule has 2 aromatic rings. The molecule has 6 heteroatoms. The van der Waals surface area contributed by atoms with Crippen molar-refractivity contribution in [1.82, 2.24) is 15.8 Å². The Labute approximate surface area is 162 Å². The first-order valence-corrected chi connectivity index (χ1v) is 9.85. The molecule has 0 bridgehead atoms. The van der Waals surface area contributed by atoms with E-state index in [0.717, 1.165) is 36.1 Å². The number of benzene rings is 2. The quantitative estimate of drug-likeness (QED) is 0.719. The number of anilines is 1. The molecule has 2 aliphatic rings. The van der Waals surface area contributed by atoms with Crippen molar-refractivity contribution in [3.8, 4) is 0 Å². The predicted octanol–water partition coefficient (Wildman–Crippen LogP) is 3.07. The smallest absolute Gasteiger partial charge is 0.241 e. The molecule has 4 rings (SSSR count). The van der Waals surface area contributed by atoms with Crippen molar-refractivity contribution in [3.63, 3.8) is 0 Å². The van der Waals surface area contributed by atoms with Crippen LogP contribution in [-0.2, 0) is 4.79 Å². The Morgan fingerprint density at radius 2 is 1.85 bits per heavy atom. The number of hydrogen-bond acceptors (Lipinski definition) is 4. The summed E-state index contributed by atoms with van der Waals surface area (Å²) < 4.78 is 1.06. The maximum Gasteiger partial charge on any atom is 0.241 e. The van der Waals surface area contributed by atoms with Crippen LogP contribution >= 0.6 is 15.9 Å². The van der Waals surface area contributed by atoms with Crippen LogP contribution in [0.4, 0.5) is 5.69 Å². The van der Waals surface area contributed by atoms with Crippen molar-refractivity contribution in [2.24, 2.45) is 0 Å². The van der Waals surface area contributed by atoms with Crippen LogP contribution in [0.1, 0.15) is 24.4 Å². The van der Waals surface area contributed by atoms with Crippen molar-refractivity contribution in [3.05, 3.63) is 64.6 Å². The van der Waals surface area contributed by atoms with Crippen LogP contribution in [0.2, 0.25) is 0 Å². The summed E-state index contributed by atoms with van der Waals surface area (Å²) in [5, 5.41) is 3.52. The third-order valence-electron chi connectivity index (χ3n) is 5.12. The van der Waals surface area contributed by atoms with E-state index in [2.05, 4.69) is 56.4 Å². The number of carbonyl (C=O) groups excluding carboxylic acids is 1. The summed E-state index contributed by atoms with van der Waals surface area (Å²) in [7, 11) is 0. The van der Waals surface area contributed by atoms with Gasteiger partial charge in [-0.05, 0) is 42.7 Å². The number of halogens is 1. The van der Waals surface area contributed by atoms with Gasteiger partial charge in [0.2, 0.25) is 5.91 Å². The van der Waals surface area contributed by atoms with Crippen LogP contribution in [-0.4, -0.2) is 36.0 Å². The van der Waals surface area contributed by atoms with E-state index in [-0.39, 0.29) is 18.0 Å². The largest absolute Gasteiger partial charge is 0.380 e. The number of carbonyl (C=O) groups is 1. The number of nitrogens with one attached hydrogen (secondary N) is 3. The van der Waals surface area contributed by atoms with Gasteiger partial charge in [0.15, 0.2) is 0 Å². The molecule has 3 atom stereocenters. The van der Waals surface area contributed by atoms with Crippen LogP contribution in [0.25, 0.3) is 0 Å². The van der Waals surface area contributed by atoms with Crippen molar-refractivity contribution in [2.75, 3.05) is 18.4 Å². The highest BCUT2D eigenvalue weighted by molar-refractivity contribution is 9.10. The summed E-state index contributed by atoms with van der Waals surface area (Å²) in [6, 6.07) is 18.8. The Morgan fingerprint density at radius 3 is 2.62 bits per heavy atom. The lowest BCUT2D eigenvalue weighted by atomic mass is 10.0. The molecule has 2 saturated heterocycles. The van der Waals surface area contributed by atoms with Crippen molar-refractivity contribution < 1.29 is 4.79 Å². The Balaban J connectivity index is 1.32. The molecule has 1 amide bonds. The van der Waals surface area contributed by atoms with Gasteiger partial charge in [-0.25, -0.2) is 10.9 Å². The van der Waals surface area contributed by atoms with E-state index in [9.17, 15) is 4.79 Å². The molecule has 0 spiro atoms. The molecule has 3 N–H and O–H groups in total. The number of hydrazine groups is 1. The van der Waals surface area contributed by atoms with Crippen LogP contribution in [0.5, 0.6) is 0 Å². The molecule has 136 valence electrons. The van der Waals surface area contributed by atoms with E-state index in [1.165, 1.54) is 5.56 Å². The minimum absolute atomic E-state index is 0.165. The Kier molecular flexibility index (Phi) is 5.24. The van der Waals surface area contributed by atoms with Gasteiger partial charge in [0.25, 0.3) is 0 Å². The molecule has 5 nitrogen and oxygen atoms in total. The van der Waals surface area contributed by atoms with E-state index in [1.807, 2.05) is 35.2 Å². The summed E-state index contributed by atoms with van der Waals surface area (Å²) in [6.45, 7) is 1.57. The molecule has 2 aromatic carbocycles. The number of likely N-dealkylation sites (tertiary alicyclic amines) is 1. The van der Waals surface area contributed by atoms with Crippen LogP contribution < -0.4 is 16.2 Å². The number of hydrogen-bond donors (Lipinski definition) is 3. The fourth-order valence-electron chi connectivity index (χ4n) is 3.70. The van der Waals surface area contributed by atoms with E-state index >= 15 is 0 Å². The Morgan fingerprint density at radius 1 is 1.08 bits per heavy atom. The minimum atomic E-state index is -0.167. The van der Waals surface area contributed by atoms with Crippen LogP contribution in [0.3, 0.4) is 0 Å². The van der Waals surface area contributed by atoms with E-state index in [0.29, 0.717) is 6.04 Å². The van der Waals surface area contributed by atoms with Crippen molar-refractivity contribution in [2.45, 2.75) is 31.0 Å². The standard InChI is InChI=1S/C20H23BrN4O/c21-15-8-6-14(7-9-15)18-12-19(24-23-18)20(26)25-11-10-17(13-25)22-16-4-2-1-3-5-16/h1-9,17-19,22-24H,10-13H2. The van der Waals surface area contributed by atoms with Crippen LogP contribution in [0.15, 0.2) is 59.1 Å². The van der Waals surface area contributed by atoms with Crippen molar-refractivity contribution in [1.29, 1.82) is 0 Å². The van der Waals surface area contributed by atoms with E-state index in [1.54, 1.807) is 0 Å². The molecule has 26 heavy (non-hydrogen) atoms. The first kappa shape index (κ1) is 17.5. The maximum atomic E-state index is 12.9. The van der Waals surface area contributed by atoms with Gasteiger partial charge in [0, 0.05) is 35.3 Å². The zero-order valence-corrected chi connectivity index (χ0v) is 16.1. The zero-order valence-electron chi connectivity index (χ0n) is 14.5. The average molecular weight is 415 g/mol. The number of amides is 1. The molecule has 2 aliphatic heterocycles. The SMILES string of the molecule is O=C(C1CC(c2ccc(Br)cc2)NN1)N1CCC(Nc2ccccc2)C1. The number of rotatable bonds is 4. The lowest BCUT2D eigenvalue weighted by molar-refractivity contribution is -0.132. The molecule has 0 aliphatic carbocycles. The van der Waals surface area contributed by atoms with E-state index < -0.39 is 0 Å². The molecular formula is C20H23BrN4O. The summed E-state index contributed by atoms with van der Waals surface area (Å²) in [5.41, 5.74) is 8.77. The monoisotopic (exact) mass is 414 g/mol. The summed E-state index contributed by atoms with van der Waals surface area (Å²) in [4.78, 5) is 14.8. The molecule has 0 saturated carbocycles. The van der Waals surface area contributed by atoms with Gasteiger partial charge in [0.1, 0.15) is 6.04 Å². The molecule has 2 heterocycles. The average Bonchev–Trinajstić information content (AvgIpc) is 3.33. The third kappa shape index (κ3) is 3.92. The fourth-order valence-corrected chi connectivity index (χ4v) is 3.96. The second kappa shape index (κ2) is 7.78. The van der Waals surface area contributed by atoms with Crippen LogP contribution in [0, 0.1) is 0 Å². The Hall–Kier alpha value is -1.89. The lowest BCUT2D eigenvalue weighted by Gasteiger charge is -2.21. The lowest BCUT2D eigenvalue weighted by Crippen LogP contribution is -2.45. The first-order valence-electron chi connectivity index (χ1n) is 9.06. The highest BCUT2D eigenvalue weighted by Crippen LogP contribution is 2.25. The fraction of sp³-hybridized carbons (Fsp3) is 0.350. The summed E-state index contributed by atoms with van der Waals surface area (Å²) >= 11 is 3.46. The Bertz CT molecular complexity index is 752. The zero-order chi connectivity index (χ0) is 17.9. The second-order valence-corrected chi connectivity index (χ2v) is 7.88. The van der Waals surface area contributed by atoms with Gasteiger partial charge in [-0.1, -0.05) is 46.3 Å². The summed E-state index contributed by atoms with van der Waals surface area (Å²) in [5.74, 6) is 0.189. The van der Waals surface area contributed by atoms with Gasteiger partial charge >= 0.3 is 0 Å². The highest BCUT2D eigenvalue weighted by Gasteiger charge is 2.35. The highest BCUT2D eigenvalue weighted by atomic mass is 79.9. The maximum absolute atomic E-state index is 12.9. The van der Waals surface area contributed by atoms with Gasteiger partial charge in [-0.3, -0.25) is 4.79 Å². The normalized spacial score (nSPS) is 25.4. The second-order valence-electron chi connectivity index (χ2n) is 6.96. The van der Waals surface area contributed by atoms with Gasteiger partial charge < -0.3 is 10.2 Å². The topological polar surface area (TPSA) is 56.4 Å². The molecule has 0 radical (unpaired) electrons. The predicted molar refractivity (Wildman–Crippen MR) is 107 cm³/mol. The van der Waals surface area contributed by atoms with E-state index in [4.69, 9.17) is 0 Å². The molecule has 3 unspecified atom stereocenters. The van der Waals surface area contributed by atoms with Gasteiger partial charge in [0.05, 0.1) is 0 Å². The number of nitrogens with zero attached hydrogens (tertiary/aromatic N) is 1. The van der Waals surface area contributed by atoms with Crippen molar-refractivity contribution >= 4 is 27.5 Å².